The number of aromatic nitrogens is 2. The molecule has 20 heavy (non-hydrogen) atoms. The van der Waals surface area contributed by atoms with Crippen molar-refractivity contribution in [2.45, 2.75) is 25.4 Å². The third kappa shape index (κ3) is 2.63. The van der Waals surface area contributed by atoms with E-state index < -0.39 is 6.10 Å². The minimum absolute atomic E-state index is 0.241. The van der Waals surface area contributed by atoms with E-state index in [1.54, 1.807) is 0 Å². The molecule has 1 aromatic carbocycles. The number of hydrogen-bond donors (Lipinski definition) is 1. The molecular formula is C14H15BrN2O3. The van der Waals surface area contributed by atoms with E-state index >= 15 is 0 Å². The second-order valence-electron chi connectivity index (χ2n) is 4.98. The van der Waals surface area contributed by atoms with Crippen LogP contribution in [-0.2, 0) is 4.74 Å². The Labute approximate surface area is 125 Å². The van der Waals surface area contributed by atoms with Crippen molar-refractivity contribution >= 4 is 15.9 Å². The molecule has 1 fully saturated rings. The molecule has 3 rings (SSSR count). The van der Waals surface area contributed by atoms with Gasteiger partial charge in [-0.15, -0.1) is 0 Å². The number of halogens is 1. The molecule has 106 valence electrons. The molecule has 1 saturated heterocycles. The number of benzene rings is 1. The van der Waals surface area contributed by atoms with Gasteiger partial charge in [0.1, 0.15) is 0 Å². The smallest absolute Gasteiger partial charge is 0.235 e. The summed E-state index contributed by atoms with van der Waals surface area (Å²) in [5.74, 6) is 0.707. The van der Waals surface area contributed by atoms with Gasteiger partial charge in [0.25, 0.3) is 0 Å². The molecule has 1 N–H and O–H groups in total. The summed E-state index contributed by atoms with van der Waals surface area (Å²) in [4.78, 5) is 4.40. The maximum atomic E-state index is 9.98. The average molecular weight is 339 g/mol. The average Bonchev–Trinajstić information content (AvgIpc) is 2.88. The molecule has 1 aliphatic rings. The summed E-state index contributed by atoms with van der Waals surface area (Å²) in [5.41, 5.74) is 2.03. The fraction of sp³-hybridized carbons (Fsp3) is 0.429. The largest absolute Gasteiger partial charge is 0.392 e. The first-order valence-corrected chi connectivity index (χ1v) is 7.30. The Hall–Kier alpha value is -1.24. The van der Waals surface area contributed by atoms with Crippen molar-refractivity contribution in [3.8, 4) is 11.4 Å². The van der Waals surface area contributed by atoms with Crippen molar-refractivity contribution in [3.63, 3.8) is 0 Å². The molecular weight excluding hydrogens is 324 g/mol. The van der Waals surface area contributed by atoms with E-state index in [4.69, 9.17) is 9.26 Å². The number of aryl methyl sites for hydroxylation is 1. The van der Waals surface area contributed by atoms with Gasteiger partial charge in [-0.3, -0.25) is 0 Å². The molecule has 0 radical (unpaired) electrons. The Morgan fingerprint density at radius 3 is 3.00 bits per heavy atom. The molecule has 1 aliphatic heterocycles. The summed E-state index contributed by atoms with van der Waals surface area (Å²) in [7, 11) is 0. The minimum Gasteiger partial charge on any atom is -0.392 e. The Morgan fingerprint density at radius 1 is 1.40 bits per heavy atom. The third-order valence-electron chi connectivity index (χ3n) is 3.44. The van der Waals surface area contributed by atoms with Crippen LogP contribution in [0.3, 0.4) is 0 Å². The van der Waals surface area contributed by atoms with Gasteiger partial charge in [0.05, 0.1) is 18.6 Å². The van der Waals surface area contributed by atoms with E-state index in [0.29, 0.717) is 31.3 Å². The molecule has 0 spiro atoms. The predicted molar refractivity (Wildman–Crippen MR) is 76.4 cm³/mol. The van der Waals surface area contributed by atoms with Gasteiger partial charge >= 0.3 is 0 Å². The Bertz CT molecular complexity index is 614. The molecule has 2 aromatic rings. The molecule has 2 heterocycles. The summed E-state index contributed by atoms with van der Waals surface area (Å²) in [6, 6.07) is 5.94. The predicted octanol–water partition coefficient (Wildman–Crippen LogP) is 2.67. The number of aliphatic hydroxyl groups excluding tert-OH is 1. The molecule has 2 atom stereocenters. The van der Waals surface area contributed by atoms with E-state index in [2.05, 4.69) is 26.1 Å². The second kappa shape index (κ2) is 5.63. The number of rotatable bonds is 2. The van der Waals surface area contributed by atoms with Crippen LogP contribution in [0.25, 0.3) is 11.4 Å². The highest BCUT2D eigenvalue weighted by molar-refractivity contribution is 9.10. The lowest BCUT2D eigenvalue weighted by atomic mass is 9.99. The zero-order valence-corrected chi connectivity index (χ0v) is 12.6. The lowest BCUT2D eigenvalue weighted by Gasteiger charge is -2.24. The van der Waals surface area contributed by atoms with E-state index in [0.717, 1.165) is 15.6 Å². The molecule has 2 unspecified atom stereocenters. The van der Waals surface area contributed by atoms with Crippen LogP contribution < -0.4 is 0 Å². The van der Waals surface area contributed by atoms with Crippen LogP contribution in [0.1, 0.15) is 23.8 Å². The fourth-order valence-corrected chi connectivity index (χ4v) is 2.93. The van der Waals surface area contributed by atoms with Crippen molar-refractivity contribution in [2.75, 3.05) is 13.2 Å². The second-order valence-corrected chi connectivity index (χ2v) is 5.83. The number of ether oxygens (including phenoxy) is 1. The normalized spacial score (nSPS) is 22.9. The van der Waals surface area contributed by atoms with E-state index in [1.165, 1.54) is 0 Å². The van der Waals surface area contributed by atoms with Gasteiger partial charge in [-0.2, -0.15) is 4.98 Å². The first kappa shape index (κ1) is 13.7. The van der Waals surface area contributed by atoms with Gasteiger partial charge in [0, 0.05) is 16.6 Å². The van der Waals surface area contributed by atoms with Crippen LogP contribution in [0.5, 0.6) is 0 Å². The third-order valence-corrected chi connectivity index (χ3v) is 4.10. The summed E-state index contributed by atoms with van der Waals surface area (Å²) in [5, 5.41) is 14.0. The zero-order chi connectivity index (χ0) is 14.1. The molecule has 0 aliphatic carbocycles. The molecule has 1 aromatic heterocycles. The number of nitrogens with zero attached hydrogens (tertiary/aromatic N) is 2. The van der Waals surface area contributed by atoms with Gasteiger partial charge < -0.3 is 14.4 Å². The molecule has 5 nitrogen and oxygen atoms in total. The SMILES string of the molecule is Cc1ccc(-c2noc(C3COCCC3O)n2)c(Br)c1. The standard InChI is InChI=1S/C14H15BrN2O3/c1-8-2-3-9(11(15)6-8)13-16-14(20-17-13)10-7-19-5-4-12(10)18/h2-3,6,10,12,18H,4-5,7H2,1H3. The van der Waals surface area contributed by atoms with Crippen LogP contribution in [-0.4, -0.2) is 34.6 Å². The lowest BCUT2D eigenvalue weighted by molar-refractivity contribution is -0.0149. The van der Waals surface area contributed by atoms with Crippen LogP contribution in [0.4, 0.5) is 0 Å². The number of aliphatic hydroxyl groups is 1. The minimum atomic E-state index is -0.487. The van der Waals surface area contributed by atoms with Crippen molar-refractivity contribution < 1.29 is 14.4 Å². The van der Waals surface area contributed by atoms with Gasteiger partial charge in [-0.25, -0.2) is 0 Å². The summed E-state index contributed by atoms with van der Waals surface area (Å²) in [6.45, 7) is 3.01. The van der Waals surface area contributed by atoms with Gasteiger partial charge in [0.15, 0.2) is 0 Å². The highest BCUT2D eigenvalue weighted by atomic mass is 79.9. The van der Waals surface area contributed by atoms with Crippen molar-refractivity contribution in [2.24, 2.45) is 0 Å². The summed E-state index contributed by atoms with van der Waals surface area (Å²) >= 11 is 3.51. The maximum Gasteiger partial charge on any atom is 0.235 e. The zero-order valence-electron chi connectivity index (χ0n) is 11.0. The Balaban J connectivity index is 1.89. The van der Waals surface area contributed by atoms with Gasteiger partial charge in [-0.05, 0) is 31.0 Å². The monoisotopic (exact) mass is 338 g/mol. The first-order chi connectivity index (χ1) is 9.65. The summed E-state index contributed by atoms with van der Waals surface area (Å²) in [6.07, 6.45) is 0.106. The summed E-state index contributed by atoms with van der Waals surface area (Å²) < 4.78 is 11.6. The van der Waals surface area contributed by atoms with Crippen LogP contribution in [0.2, 0.25) is 0 Å². The van der Waals surface area contributed by atoms with Crippen molar-refractivity contribution in [1.82, 2.24) is 10.1 Å². The molecule has 6 heteroatoms. The quantitative estimate of drug-likeness (QED) is 0.911. The molecule has 0 bridgehead atoms. The molecule has 0 saturated carbocycles. The Morgan fingerprint density at radius 2 is 2.25 bits per heavy atom. The van der Waals surface area contributed by atoms with Crippen molar-refractivity contribution in [3.05, 3.63) is 34.1 Å². The van der Waals surface area contributed by atoms with E-state index in [9.17, 15) is 5.11 Å². The fourth-order valence-electron chi connectivity index (χ4n) is 2.26. The van der Waals surface area contributed by atoms with E-state index in [-0.39, 0.29) is 5.92 Å². The molecule has 0 amide bonds. The number of hydrogen-bond acceptors (Lipinski definition) is 5. The van der Waals surface area contributed by atoms with Crippen LogP contribution in [0.15, 0.2) is 27.2 Å². The maximum absolute atomic E-state index is 9.98. The highest BCUT2D eigenvalue weighted by Gasteiger charge is 2.30. The highest BCUT2D eigenvalue weighted by Crippen LogP contribution is 2.30. The first-order valence-electron chi connectivity index (χ1n) is 6.51. The van der Waals surface area contributed by atoms with Gasteiger partial charge in [-0.1, -0.05) is 27.2 Å². The van der Waals surface area contributed by atoms with Gasteiger partial charge in [0.2, 0.25) is 11.7 Å². The van der Waals surface area contributed by atoms with Crippen LogP contribution >= 0.6 is 15.9 Å². The Kier molecular flexibility index (Phi) is 3.87. The van der Waals surface area contributed by atoms with Crippen LogP contribution in [0, 0.1) is 6.92 Å². The van der Waals surface area contributed by atoms with E-state index in [1.807, 2.05) is 25.1 Å². The topological polar surface area (TPSA) is 68.4 Å². The van der Waals surface area contributed by atoms with Crippen molar-refractivity contribution in [1.29, 1.82) is 0 Å². The lowest BCUT2D eigenvalue weighted by Crippen LogP contribution is -2.30.